The highest BCUT2D eigenvalue weighted by atomic mass is 32.1. The zero-order valence-electron chi connectivity index (χ0n) is 12.4. The van der Waals surface area contributed by atoms with Crippen molar-refractivity contribution in [3.8, 4) is 10.6 Å². The minimum absolute atomic E-state index is 0.321. The lowest BCUT2D eigenvalue weighted by atomic mass is 10.0. The molecular weight excluding hydrogens is 252 g/mol. The van der Waals surface area contributed by atoms with Gasteiger partial charge in [0.25, 0.3) is 0 Å². The average Bonchev–Trinajstić information content (AvgIpc) is 2.83. The van der Waals surface area contributed by atoms with Gasteiger partial charge in [-0.1, -0.05) is 13.0 Å². The summed E-state index contributed by atoms with van der Waals surface area (Å²) in [5, 5.41) is 6.70. The zero-order chi connectivity index (χ0) is 14.0. The maximum atomic E-state index is 4.79. The van der Waals surface area contributed by atoms with Crippen LogP contribution in [-0.2, 0) is 0 Å². The Balaban J connectivity index is 2.35. The van der Waals surface area contributed by atoms with E-state index in [0.717, 1.165) is 17.2 Å². The van der Waals surface area contributed by atoms with Crippen molar-refractivity contribution in [1.29, 1.82) is 0 Å². The van der Waals surface area contributed by atoms with Crippen LogP contribution in [0.3, 0.4) is 0 Å². The third-order valence-corrected chi connectivity index (χ3v) is 4.44. The molecule has 1 aromatic heterocycles. The van der Waals surface area contributed by atoms with Gasteiger partial charge in [0.15, 0.2) is 0 Å². The van der Waals surface area contributed by atoms with Crippen molar-refractivity contribution in [2.45, 2.75) is 40.7 Å². The monoisotopic (exact) mass is 274 g/mol. The Morgan fingerprint density at radius 1 is 1.16 bits per heavy atom. The number of thiazole rings is 1. The van der Waals surface area contributed by atoms with Gasteiger partial charge in [0, 0.05) is 17.0 Å². The van der Waals surface area contributed by atoms with E-state index in [1.165, 1.54) is 22.3 Å². The minimum atomic E-state index is 0.321. The molecule has 3 heteroatoms. The van der Waals surface area contributed by atoms with E-state index in [2.05, 4.69) is 57.4 Å². The second-order valence-corrected chi connectivity index (χ2v) is 5.97. The summed E-state index contributed by atoms with van der Waals surface area (Å²) in [6.45, 7) is 11.7. The number of aryl methyl sites for hydroxylation is 3. The fraction of sp³-hybridized carbons (Fsp3) is 0.438. The quantitative estimate of drug-likeness (QED) is 0.893. The molecule has 0 bridgehead atoms. The Hall–Kier alpha value is -1.19. The van der Waals surface area contributed by atoms with E-state index in [1.54, 1.807) is 11.3 Å². The summed E-state index contributed by atoms with van der Waals surface area (Å²) in [5.74, 6) is 0. The summed E-state index contributed by atoms with van der Waals surface area (Å²) in [7, 11) is 0. The van der Waals surface area contributed by atoms with Crippen LogP contribution in [0.5, 0.6) is 0 Å². The molecule has 1 N–H and O–H groups in total. The molecule has 2 rings (SSSR count). The molecule has 0 aliphatic heterocycles. The molecule has 2 nitrogen and oxygen atoms in total. The standard InChI is InChI=1S/C16H22N2S/c1-6-17-13(5)15-9-19-16(18-15)14-8-11(3)10(2)7-12(14)4/h7-9,13,17H,6H2,1-5H3. The lowest BCUT2D eigenvalue weighted by Gasteiger charge is -2.09. The Labute approximate surface area is 119 Å². The Morgan fingerprint density at radius 2 is 1.84 bits per heavy atom. The normalized spacial score (nSPS) is 12.7. The topological polar surface area (TPSA) is 24.9 Å². The first kappa shape index (κ1) is 14.2. The Morgan fingerprint density at radius 3 is 2.53 bits per heavy atom. The lowest BCUT2D eigenvalue weighted by molar-refractivity contribution is 0.587. The van der Waals surface area contributed by atoms with Crippen molar-refractivity contribution < 1.29 is 0 Å². The fourth-order valence-corrected chi connectivity index (χ4v) is 3.20. The van der Waals surface area contributed by atoms with E-state index in [-0.39, 0.29) is 0 Å². The summed E-state index contributed by atoms with van der Waals surface area (Å²) in [5.41, 5.74) is 6.39. The summed E-state index contributed by atoms with van der Waals surface area (Å²) in [4.78, 5) is 4.79. The van der Waals surface area contributed by atoms with Gasteiger partial charge in [0.2, 0.25) is 0 Å². The predicted octanol–water partition coefficient (Wildman–Crippen LogP) is 4.41. The van der Waals surface area contributed by atoms with Crippen LogP contribution in [-0.4, -0.2) is 11.5 Å². The Bertz CT molecular complexity index is 572. The number of hydrogen-bond acceptors (Lipinski definition) is 3. The van der Waals surface area contributed by atoms with E-state index in [9.17, 15) is 0 Å². The van der Waals surface area contributed by atoms with Crippen LogP contribution in [0.1, 0.15) is 42.3 Å². The summed E-state index contributed by atoms with van der Waals surface area (Å²) in [6, 6.07) is 4.83. The highest BCUT2D eigenvalue weighted by Crippen LogP contribution is 2.30. The smallest absolute Gasteiger partial charge is 0.123 e. The molecule has 0 aliphatic rings. The molecule has 0 spiro atoms. The molecule has 1 atom stereocenters. The maximum absolute atomic E-state index is 4.79. The van der Waals surface area contributed by atoms with Crippen molar-refractivity contribution in [3.05, 3.63) is 39.9 Å². The number of nitrogens with zero attached hydrogens (tertiary/aromatic N) is 1. The van der Waals surface area contributed by atoms with Crippen molar-refractivity contribution >= 4 is 11.3 Å². The molecule has 19 heavy (non-hydrogen) atoms. The van der Waals surface area contributed by atoms with E-state index in [1.807, 2.05) is 0 Å². The molecule has 0 fully saturated rings. The Kier molecular flexibility index (Phi) is 4.38. The third-order valence-electron chi connectivity index (χ3n) is 3.55. The van der Waals surface area contributed by atoms with Gasteiger partial charge in [0.1, 0.15) is 5.01 Å². The average molecular weight is 274 g/mol. The molecular formula is C16H22N2S. The van der Waals surface area contributed by atoms with Crippen molar-refractivity contribution in [2.75, 3.05) is 6.54 Å². The highest BCUT2D eigenvalue weighted by Gasteiger charge is 2.12. The second kappa shape index (κ2) is 5.85. The molecule has 102 valence electrons. The zero-order valence-corrected chi connectivity index (χ0v) is 13.2. The first-order valence-corrected chi connectivity index (χ1v) is 7.68. The van der Waals surface area contributed by atoms with E-state index >= 15 is 0 Å². The summed E-state index contributed by atoms with van der Waals surface area (Å²) >= 11 is 1.73. The van der Waals surface area contributed by atoms with Gasteiger partial charge in [-0.15, -0.1) is 11.3 Å². The third kappa shape index (κ3) is 3.04. The molecule has 1 heterocycles. The fourth-order valence-electron chi connectivity index (χ4n) is 2.21. The van der Waals surface area contributed by atoms with Gasteiger partial charge < -0.3 is 5.32 Å². The van der Waals surface area contributed by atoms with Crippen LogP contribution in [0.4, 0.5) is 0 Å². The van der Waals surface area contributed by atoms with Crippen molar-refractivity contribution in [1.82, 2.24) is 10.3 Å². The number of benzene rings is 1. The van der Waals surface area contributed by atoms with Crippen LogP contribution in [0, 0.1) is 20.8 Å². The molecule has 1 unspecified atom stereocenters. The van der Waals surface area contributed by atoms with E-state index in [4.69, 9.17) is 4.98 Å². The highest BCUT2D eigenvalue weighted by molar-refractivity contribution is 7.13. The number of rotatable bonds is 4. The number of hydrogen-bond donors (Lipinski definition) is 1. The minimum Gasteiger partial charge on any atom is -0.309 e. The second-order valence-electron chi connectivity index (χ2n) is 5.11. The predicted molar refractivity (Wildman–Crippen MR) is 83.9 cm³/mol. The van der Waals surface area contributed by atoms with Crippen LogP contribution >= 0.6 is 11.3 Å². The number of nitrogens with one attached hydrogen (secondary N) is 1. The van der Waals surface area contributed by atoms with E-state index < -0.39 is 0 Å². The van der Waals surface area contributed by atoms with Crippen LogP contribution < -0.4 is 5.32 Å². The summed E-state index contributed by atoms with van der Waals surface area (Å²) < 4.78 is 0. The molecule has 0 saturated heterocycles. The SMILES string of the molecule is CCNC(C)c1csc(-c2cc(C)c(C)cc2C)n1. The molecule has 0 radical (unpaired) electrons. The van der Waals surface area contributed by atoms with Crippen molar-refractivity contribution in [3.63, 3.8) is 0 Å². The molecule has 2 aromatic rings. The first-order valence-electron chi connectivity index (χ1n) is 6.80. The van der Waals surface area contributed by atoms with E-state index in [0.29, 0.717) is 6.04 Å². The lowest BCUT2D eigenvalue weighted by Crippen LogP contribution is -2.17. The van der Waals surface area contributed by atoms with Gasteiger partial charge in [-0.3, -0.25) is 0 Å². The van der Waals surface area contributed by atoms with Gasteiger partial charge >= 0.3 is 0 Å². The van der Waals surface area contributed by atoms with Gasteiger partial charge in [0.05, 0.1) is 5.69 Å². The summed E-state index contributed by atoms with van der Waals surface area (Å²) in [6.07, 6.45) is 0. The molecule has 0 saturated carbocycles. The van der Waals surface area contributed by atoms with Crippen LogP contribution in [0.2, 0.25) is 0 Å². The molecule has 0 amide bonds. The van der Waals surface area contributed by atoms with Gasteiger partial charge in [-0.25, -0.2) is 4.98 Å². The van der Waals surface area contributed by atoms with Crippen LogP contribution in [0.25, 0.3) is 10.6 Å². The first-order chi connectivity index (χ1) is 9.02. The number of aromatic nitrogens is 1. The molecule has 0 aliphatic carbocycles. The van der Waals surface area contributed by atoms with Gasteiger partial charge in [-0.2, -0.15) is 0 Å². The maximum Gasteiger partial charge on any atom is 0.123 e. The van der Waals surface area contributed by atoms with Crippen LogP contribution in [0.15, 0.2) is 17.5 Å². The van der Waals surface area contributed by atoms with Crippen molar-refractivity contribution in [2.24, 2.45) is 0 Å². The largest absolute Gasteiger partial charge is 0.309 e. The molecule has 1 aromatic carbocycles. The van der Waals surface area contributed by atoms with Gasteiger partial charge in [-0.05, 0) is 57.0 Å².